The van der Waals surface area contributed by atoms with E-state index in [9.17, 15) is 18.8 Å². The zero-order valence-electron chi connectivity index (χ0n) is 15.3. The molecule has 0 saturated carbocycles. The first-order valence-corrected chi connectivity index (χ1v) is 9.54. The molecule has 0 N–H and O–H groups in total. The van der Waals surface area contributed by atoms with E-state index in [1.165, 1.54) is 17.0 Å². The molecule has 6 nitrogen and oxygen atoms in total. The summed E-state index contributed by atoms with van der Waals surface area (Å²) in [6, 6.07) is 3.69. The number of hydrogen-bond donors (Lipinski definition) is 0. The minimum atomic E-state index is -0.594. The van der Waals surface area contributed by atoms with E-state index in [-0.39, 0.29) is 35.8 Å². The lowest BCUT2D eigenvalue weighted by Gasteiger charge is -2.39. The van der Waals surface area contributed by atoms with E-state index in [4.69, 9.17) is 11.6 Å². The number of carbonyl (C=O) groups excluding carboxylic acids is 3. The summed E-state index contributed by atoms with van der Waals surface area (Å²) >= 11 is 5.80. The molecule has 0 aliphatic carbocycles. The first-order valence-electron chi connectivity index (χ1n) is 9.17. The second-order valence-electron chi connectivity index (χ2n) is 7.04. The highest BCUT2D eigenvalue weighted by molar-refractivity contribution is 6.30. The smallest absolute Gasteiger partial charge is 0.245 e. The fourth-order valence-corrected chi connectivity index (χ4v) is 3.79. The Morgan fingerprint density at radius 2 is 1.89 bits per heavy atom. The molecule has 146 valence electrons. The van der Waals surface area contributed by atoms with Crippen LogP contribution in [0.1, 0.15) is 31.7 Å². The van der Waals surface area contributed by atoms with Gasteiger partial charge in [0.05, 0.1) is 11.6 Å². The maximum Gasteiger partial charge on any atom is 0.245 e. The van der Waals surface area contributed by atoms with Crippen LogP contribution in [-0.2, 0) is 20.9 Å². The Kier molecular flexibility index (Phi) is 5.99. The Morgan fingerprint density at radius 3 is 2.56 bits per heavy atom. The van der Waals surface area contributed by atoms with E-state index in [1.54, 1.807) is 17.9 Å². The number of nitrogens with zero attached hydrogens (tertiary/aromatic N) is 3. The van der Waals surface area contributed by atoms with Gasteiger partial charge in [-0.05, 0) is 37.5 Å². The molecule has 3 rings (SSSR count). The first-order chi connectivity index (χ1) is 12.9. The number of benzene rings is 1. The largest absolute Gasteiger partial charge is 0.343 e. The summed E-state index contributed by atoms with van der Waals surface area (Å²) in [6.45, 7) is 3.77. The summed E-state index contributed by atoms with van der Waals surface area (Å²) in [5.41, 5.74) is 0.676. The average molecular weight is 396 g/mol. The maximum absolute atomic E-state index is 13.3. The van der Waals surface area contributed by atoms with Crippen molar-refractivity contribution in [3.8, 4) is 0 Å². The molecular formula is C19H23ClFN3O3. The van der Waals surface area contributed by atoms with Crippen molar-refractivity contribution in [3.05, 3.63) is 34.6 Å². The van der Waals surface area contributed by atoms with Crippen LogP contribution in [0.4, 0.5) is 4.39 Å². The van der Waals surface area contributed by atoms with Crippen LogP contribution in [0.3, 0.4) is 0 Å². The molecule has 1 aromatic rings. The third kappa shape index (κ3) is 4.40. The molecular weight excluding hydrogens is 373 g/mol. The molecule has 1 atom stereocenters. The van der Waals surface area contributed by atoms with Crippen LogP contribution >= 0.6 is 11.6 Å². The molecule has 2 fully saturated rings. The van der Waals surface area contributed by atoms with Gasteiger partial charge in [-0.3, -0.25) is 14.4 Å². The van der Waals surface area contributed by atoms with Gasteiger partial charge in [-0.2, -0.15) is 0 Å². The summed E-state index contributed by atoms with van der Waals surface area (Å²) in [4.78, 5) is 41.7. The highest BCUT2D eigenvalue weighted by atomic mass is 35.5. The van der Waals surface area contributed by atoms with Gasteiger partial charge in [0.1, 0.15) is 11.9 Å². The monoisotopic (exact) mass is 395 g/mol. The molecule has 0 aromatic heterocycles. The second-order valence-corrected chi connectivity index (χ2v) is 7.45. The SMILES string of the molecule is C[C@H]1C(=O)N(CCCN2CCCC2=O)CC(=O)N1Cc1ccc(F)c(Cl)c1. The number of rotatable bonds is 6. The first kappa shape index (κ1) is 19.6. The summed E-state index contributed by atoms with van der Waals surface area (Å²) in [5.74, 6) is -0.624. The third-order valence-corrected chi connectivity index (χ3v) is 5.44. The van der Waals surface area contributed by atoms with Crippen molar-refractivity contribution in [1.29, 1.82) is 0 Å². The quantitative estimate of drug-likeness (QED) is 0.740. The fraction of sp³-hybridized carbons (Fsp3) is 0.526. The van der Waals surface area contributed by atoms with Gasteiger partial charge in [0.15, 0.2) is 0 Å². The molecule has 3 amide bonds. The lowest BCUT2D eigenvalue weighted by molar-refractivity contribution is -0.155. The van der Waals surface area contributed by atoms with Gasteiger partial charge in [-0.15, -0.1) is 0 Å². The lowest BCUT2D eigenvalue weighted by atomic mass is 10.1. The van der Waals surface area contributed by atoms with Gasteiger partial charge >= 0.3 is 0 Å². The second kappa shape index (κ2) is 8.25. The van der Waals surface area contributed by atoms with E-state index in [0.29, 0.717) is 31.5 Å². The van der Waals surface area contributed by atoms with Crippen molar-refractivity contribution in [2.75, 3.05) is 26.2 Å². The van der Waals surface area contributed by atoms with Crippen LogP contribution in [0.5, 0.6) is 0 Å². The number of likely N-dealkylation sites (tertiary alicyclic amines) is 1. The van der Waals surface area contributed by atoms with E-state index >= 15 is 0 Å². The number of hydrogen-bond acceptors (Lipinski definition) is 3. The van der Waals surface area contributed by atoms with Crippen molar-refractivity contribution in [2.45, 2.75) is 38.8 Å². The third-order valence-electron chi connectivity index (χ3n) is 5.15. The molecule has 0 radical (unpaired) electrons. The minimum Gasteiger partial charge on any atom is -0.343 e. The summed E-state index contributed by atoms with van der Waals surface area (Å²) < 4.78 is 13.3. The summed E-state index contributed by atoms with van der Waals surface area (Å²) in [5, 5.41) is -0.00553. The van der Waals surface area contributed by atoms with Gasteiger partial charge in [-0.1, -0.05) is 17.7 Å². The molecule has 27 heavy (non-hydrogen) atoms. The molecule has 0 bridgehead atoms. The normalized spacial score (nSPS) is 20.8. The zero-order valence-corrected chi connectivity index (χ0v) is 16.0. The van der Waals surface area contributed by atoms with E-state index < -0.39 is 11.9 Å². The molecule has 2 aliphatic rings. The van der Waals surface area contributed by atoms with Crippen molar-refractivity contribution < 1.29 is 18.8 Å². The van der Waals surface area contributed by atoms with E-state index in [1.807, 2.05) is 4.90 Å². The number of halogens is 2. The summed E-state index contributed by atoms with van der Waals surface area (Å²) in [7, 11) is 0. The zero-order chi connectivity index (χ0) is 19.6. The van der Waals surface area contributed by atoms with Crippen LogP contribution in [0.25, 0.3) is 0 Å². The van der Waals surface area contributed by atoms with Crippen molar-refractivity contribution in [1.82, 2.24) is 14.7 Å². The van der Waals surface area contributed by atoms with Crippen LogP contribution in [0.2, 0.25) is 5.02 Å². The highest BCUT2D eigenvalue weighted by Crippen LogP contribution is 2.21. The Labute approximate surface area is 162 Å². The van der Waals surface area contributed by atoms with Crippen LogP contribution in [0.15, 0.2) is 18.2 Å². The standard InChI is InChI=1S/C19H23ClFN3O3/c1-13-19(27)23(9-3-8-22-7-2-4-17(22)25)12-18(26)24(13)11-14-5-6-16(21)15(20)10-14/h5-6,10,13H,2-4,7-9,11-12H2,1H3/t13-/m0/s1. The van der Waals surface area contributed by atoms with Crippen molar-refractivity contribution >= 4 is 29.3 Å². The average Bonchev–Trinajstić information content (AvgIpc) is 3.04. The topological polar surface area (TPSA) is 60.9 Å². The predicted octanol–water partition coefficient (Wildman–Crippen LogP) is 2.05. The Morgan fingerprint density at radius 1 is 1.15 bits per heavy atom. The van der Waals surface area contributed by atoms with Gasteiger partial charge < -0.3 is 14.7 Å². The van der Waals surface area contributed by atoms with Gasteiger partial charge in [0.25, 0.3) is 0 Å². The maximum atomic E-state index is 13.3. The van der Waals surface area contributed by atoms with Crippen molar-refractivity contribution in [3.63, 3.8) is 0 Å². The Bertz CT molecular complexity index is 758. The molecule has 2 aliphatic heterocycles. The predicted molar refractivity (Wildman–Crippen MR) is 98.4 cm³/mol. The van der Waals surface area contributed by atoms with E-state index in [0.717, 1.165) is 13.0 Å². The van der Waals surface area contributed by atoms with Crippen molar-refractivity contribution in [2.24, 2.45) is 0 Å². The van der Waals surface area contributed by atoms with Crippen LogP contribution in [0, 0.1) is 5.82 Å². The van der Waals surface area contributed by atoms with Gasteiger partial charge in [0, 0.05) is 32.6 Å². The number of carbonyl (C=O) groups is 3. The van der Waals surface area contributed by atoms with Crippen LogP contribution < -0.4 is 0 Å². The molecule has 1 aromatic carbocycles. The Hall–Kier alpha value is -2.15. The Balaban J connectivity index is 1.56. The number of amides is 3. The molecule has 2 saturated heterocycles. The highest BCUT2D eigenvalue weighted by Gasteiger charge is 2.36. The van der Waals surface area contributed by atoms with Gasteiger partial charge in [-0.25, -0.2) is 4.39 Å². The minimum absolute atomic E-state index is 0.00553. The molecule has 2 heterocycles. The van der Waals surface area contributed by atoms with E-state index in [2.05, 4.69) is 0 Å². The molecule has 0 unspecified atom stereocenters. The van der Waals surface area contributed by atoms with Gasteiger partial charge in [0.2, 0.25) is 17.7 Å². The lowest BCUT2D eigenvalue weighted by Crippen LogP contribution is -2.58. The fourth-order valence-electron chi connectivity index (χ4n) is 3.59. The summed E-state index contributed by atoms with van der Waals surface area (Å²) in [6.07, 6.45) is 2.14. The number of piperazine rings is 1. The molecule has 0 spiro atoms. The molecule has 8 heteroatoms. The van der Waals surface area contributed by atoms with Crippen LogP contribution in [-0.4, -0.2) is 64.6 Å².